The average Bonchev–Trinajstić information content (AvgIpc) is 2.48. The molecule has 4 heteroatoms. The van der Waals surface area contributed by atoms with Crippen LogP contribution in [0.1, 0.15) is 33.1 Å². The van der Waals surface area contributed by atoms with E-state index in [0.29, 0.717) is 11.7 Å². The van der Waals surface area contributed by atoms with E-state index in [1.807, 2.05) is 12.1 Å². The van der Waals surface area contributed by atoms with E-state index in [1.165, 1.54) is 24.9 Å². The fourth-order valence-corrected chi connectivity index (χ4v) is 3.34. The first kappa shape index (κ1) is 16.2. The molecule has 1 aromatic carbocycles. The van der Waals surface area contributed by atoms with Gasteiger partial charge in [-0.3, -0.25) is 4.79 Å². The van der Waals surface area contributed by atoms with Gasteiger partial charge in [-0.2, -0.15) is 11.8 Å². The predicted molar refractivity (Wildman–Crippen MR) is 93.3 cm³/mol. The molecule has 1 amide bonds. The number of rotatable bonds is 6. The third-order valence-corrected chi connectivity index (χ3v) is 4.93. The normalized spacial score (nSPS) is 15.3. The predicted octanol–water partition coefficient (Wildman–Crippen LogP) is 4.00. The second-order valence-electron chi connectivity index (χ2n) is 6.05. The van der Waals surface area contributed by atoms with Gasteiger partial charge in [0.25, 0.3) is 0 Å². The Bertz CT molecular complexity index is 439. The lowest BCUT2D eigenvalue weighted by Gasteiger charge is -2.28. The molecule has 0 aromatic heterocycles. The molecule has 1 fully saturated rings. The highest BCUT2D eigenvalue weighted by molar-refractivity contribution is 7.99. The van der Waals surface area contributed by atoms with Crippen molar-refractivity contribution in [3.8, 4) is 0 Å². The summed E-state index contributed by atoms with van der Waals surface area (Å²) in [5, 5.41) is 2.97. The van der Waals surface area contributed by atoms with Gasteiger partial charge in [0, 0.05) is 24.5 Å². The smallest absolute Gasteiger partial charge is 0.234 e. The second kappa shape index (κ2) is 8.32. The fraction of sp³-hybridized carbons (Fsp3) is 0.588. The van der Waals surface area contributed by atoms with Gasteiger partial charge < -0.3 is 10.2 Å². The van der Waals surface area contributed by atoms with Crippen molar-refractivity contribution < 1.29 is 4.79 Å². The molecule has 0 radical (unpaired) electrons. The topological polar surface area (TPSA) is 32.3 Å². The van der Waals surface area contributed by atoms with Crippen molar-refractivity contribution in [2.24, 2.45) is 5.92 Å². The lowest BCUT2D eigenvalue weighted by atomic mass is 10.1. The van der Waals surface area contributed by atoms with Crippen molar-refractivity contribution in [3.63, 3.8) is 0 Å². The monoisotopic (exact) mass is 306 g/mol. The van der Waals surface area contributed by atoms with Gasteiger partial charge in [0.05, 0.1) is 5.75 Å². The molecule has 21 heavy (non-hydrogen) atoms. The number of hydrogen-bond acceptors (Lipinski definition) is 3. The Morgan fingerprint density at radius 1 is 1.19 bits per heavy atom. The van der Waals surface area contributed by atoms with Crippen molar-refractivity contribution >= 4 is 29.0 Å². The summed E-state index contributed by atoms with van der Waals surface area (Å²) in [5.74, 6) is 2.28. The zero-order valence-corrected chi connectivity index (χ0v) is 13.9. The van der Waals surface area contributed by atoms with Gasteiger partial charge in [-0.25, -0.2) is 0 Å². The summed E-state index contributed by atoms with van der Waals surface area (Å²) in [4.78, 5) is 14.3. The number of benzene rings is 1. The Labute approximate surface area is 132 Å². The Hall–Kier alpha value is -1.16. The molecule has 0 spiro atoms. The quantitative estimate of drug-likeness (QED) is 0.862. The van der Waals surface area contributed by atoms with Gasteiger partial charge in [-0.05, 0) is 55.2 Å². The number of nitrogens with one attached hydrogen (secondary N) is 1. The number of carbonyl (C=O) groups excluding carboxylic acids is 1. The first-order valence-electron chi connectivity index (χ1n) is 7.88. The number of thioether (sulfide) groups is 1. The van der Waals surface area contributed by atoms with Crippen LogP contribution in [0, 0.1) is 5.92 Å². The molecular formula is C17H26N2OS. The standard InChI is InChI=1S/C17H26N2OS/c1-14(2)12-21-13-17(20)18-15-6-8-16(9-7-15)19-10-4-3-5-11-19/h6-9,14H,3-5,10-13H2,1-2H3,(H,18,20). The Morgan fingerprint density at radius 2 is 1.86 bits per heavy atom. The maximum absolute atomic E-state index is 11.8. The van der Waals surface area contributed by atoms with Gasteiger partial charge in [-0.1, -0.05) is 13.8 Å². The third-order valence-electron chi connectivity index (χ3n) is 3.56. The van der Waals surface area contributed by atoms with Gasteiger partial charge in [0.1, 0.15) is 0 Å². The zero-order chi connectivity index (χ0) is 15.1. The fourth-order valence-electron chi connectivity index (χ4n) is 2.49. The van der Waals surface area contributed by atoms with Crippen LogP contribution in [0.2, 0.25) is 0 Å². The lowest BCUT2D eigenvalue weighted by molar-refractivity contribution is -0.113. The summed E-state index contributed by atoms with van der Waals surface area (Å²) in [6.07, 6.45) is 3.91. The molecule has 1 aromatic rings. The van der Waals surface area contributed by atoms with Crippen LogP contribution in [0.4, 0.5) is 11.4 Å². The van der Waals surface area contributed by atoms with Crippen molar-refractivity contribution in [1.29, 1.82) is 0 Å². The molecule has 1 heterocycles. The van der Waals surface area contributed by atoms with Crippen molar-refractivity contribution in [3.05, 3.63) is 24.3 Å². The minimum atomic E-state index is 0.0892. The molecule has 0 unspecified atom stereocenters. The Balaban J connectivity index is 1.80. The molecule has 0 saturated carbocycles. The van der Waals surface area contributed by atoms with E-state index in [2.05, 4.69) is 36.2 Å². The van der Waals surface area contributed by atoms with Crippen LogP contribution in [-0.4, -0.2) is 30.5 Å². The molecular weight excluding hydrogens is 280 g/mol. The van der Waals surface area contributed by atoms with Gasteiger partial charge in [0.15, 0.2) is 0 Å². The van der Waals surface area contributed by atoms with E-state index in [0.717, 1.165) is 24.5 Å². The number of amides is 1. The highest BCUT2D eigenvalue weighted by atomic mass is 32.2. The second-order valence-corrected chi connectivity index (χ2v) is 7.08. The number of carbonyl (C=O) groups is 1. The number of piperidine rings is 1. The molecule has 1 N–H and O–H groups in total. The summed E-state index contributed by atoms with van der Waals surface area (Å²) in [6, 6.07) is 8.24. The summed E-state index contributed by atoms with van der Waals surface area (Å²) in [5.41, 5.74) is 2.16. The average molecular weight is 306 g/mol. The van der Waals surface area contributed by atoms with E-state index >= 15 is 0 Å². The van der Waals surface area contributed by atoms with Crippen LogP contribution in [0.25, 0.3) is 0 Å². The summed E-state index contributed by atoms with van der Waals surface area (Å²) in [6.45, 7) is 6.64. The SMILES string of the molecule is CC(C)CSCC(=O)Nc1ccc(N2CCCCC2)cc1. The zero-order valence-electron chi connectivity index (χ0n) is 13.1. The summed E-state index contributed by atoms with van der Waals surface area (Å²) < 4.78 is 0. The highest BCUT2D eigenvalue weighted by Gasteiger charge is 2.11. The van der Waals surface area contributed by atoms with Crippen LogP contribution in [0.15, 0.2) is 24.3 Å². The van der Waals surface area contributed by atoms with Crippen molar-refractivity contribution in [2.75, 3.05) is 34.8 Å². The minimum Gasteiger partial charge on any atom is -0.372 e. The lowest BCUT2D eigenvalue weighted by Crippen LogP contribution is -2.29. The van der Waals surface area contributed by atoms with Crippen molar-refractivity contribution in [2.45, 2.75) is 33.1 Å². The molecule has 1 saturated heterocycles. The highest BCUT2D eigenvalue weighted by Crippen LogP contribution is 2.22. The van der Waals surface area contributed by atoms with Crippen LogP contribution >= 0.6 is 11.8 Å². The molecule has 1 aliphatic heterocycles. The number of nitrogens with zero attached hydrogens (tertiary/aromatic N) is 1. The van der Waals surface area contributed by atoms with E-state index < -0.39 is 0 Å². The van der Waals surface area contributed by atoms with Crippen LogP contribution in [0.5, 0.6) is 0 Å². The van der Waals surface area contributed by atoms with Crippen LogP contribution in [0.3, 0.4) is 0 Å². The molecule has 3 nitrogen and oxygen atoms in total. The largest absolute Gasteiger partial charge is 0.372 e. The van der Waals surface area contributed by atoms with E-state index in [-0.39, 0.29) is 5.91 Å². The first-order valence-corrected chi connectivity index (χ1v) is 9.03. The van der Waals surface area contributed by atoms with E-state index in [1.54, 1.807) is 11.8 Å². The number of hydrogen-bond donors (Lipinski definition) is 1. The number of anilines is 2. The van der Waals surface area contributed by atoms with Crippen LogP contribution < -0.4 is 10.2 Å². The molecule has 2 rings (SSSR count). The summed E-state index contributed by atoms with van der Waals surface area (Å²) in [7, 11) is 0. The van der Waals surface area contributed by atoms with Gasteiger partial charge in [0.2, 0.25) is 5.91 Å². The van der Waals surface area contributed by atoms with E-state index in [4.69, 9.17) is 0 Å². The third kappa shape index (κ3) is 5.62. The van der Waals surface area contributed by atoms with Gasteiger partial charge >= 0.3 is 0 Å². The first-order chi connectivity index (χ1) is 10.1. The summed E-state index contributed by atoms with van der Waals surface area (Å²) >= 11 is 1.69. The molecule has 0 atom stereocenters. The Kier molecular flexibility index (Phi) is 6.43. The van der Waals surface area contributed by atoms with Crippen LogP contribution in [-0.2, 0) is 4.79 Å². The maximum Gasteiger partial charge on any atom is 0.234 e. The minimum absolute atomic E-state index is 0.0892. The molecule has 1 aliphatic rings. The van der Waals surface area contributed by atoms with E-state index in [9.17, 15) is 4.79 Å². The van der Waals surface area contributed by atoms with Crippen molar-refractivity contribution in [1.82, 2.24) is 0 Å². The molecule has 116 valence electrons. The molecule has 0 bridgehead atoms. The Morgan fingerprint density at radius 3 is 2.48 bits per heavy atom. The maximum atomic E-state index is 11.8. The molecule has 0 aliphatic carbocycles. The van der Waals surface area contributed by atoms with Gasteiger partial charge in [-0.15, -0.1) is 0 Å².